The summed E-state index contributed by atoms with van der Waals surface area (Å²) in [6.45, 7) is 9.53. The van der Waals surface area contributed by atoms with Crippen molar-refractivity contribution in [3.8, 4) is 0 Å². The maximum absolute atomic E-state index is 12.7. The van der Waals surface area contributed by atoms with E-state index in [1.165, 1.54) is 0 Å². The van der Waals surface area contributed by atoms with Gasteiger partial charge < -0.3 is 16.4 Å². The zero-order valence-corrected chi connectivity index (χ0v) is 17.6. The predicted molar refractivity (Wildman–Crippen MR) is 110 cm³/mol. The van der Waals surface area contributed by atoms with E-state index in [2.05, 4.69) is 10.6 Å². The zero-order valence-electron chi connectivity index (χ0n) is 17.6. The molecule has 0 atom stereocenters. The van der Waals surface area contributed by atoms with Gasteiger partial charge in [-0.25, -0.2) is 0 Å². The number of rotatable bonds is 5. The number of primary amides is 1. The topological polar surface area (TPSA) is 101 Å². The molecule has 6 nitrogen and oxygen atoms in total. The summed E-state index contributed by atoms with van der Waals surface area (Å²) in [5.74, 6) is -0.867. The van der Waals surface area contributed by atoms with Gasteiger partial charge in [0.25, 0.3) is 5.91 Å². The van der Waals surface area contributed by atoms with Crippen molar-refractivity contribution >= 4 is 17.7 Å². The van der Waals surface area contributed by atoms with Gasteiger partial charge in [-0.05, 0) is 65.2 Å². The lowest BCUT2D eigenvalue weighted by atomic mass is 9.80. The van der Waals surface area contributed by atoms with Gasteiger partial charge >= 0.3 is 0 Å². The maximum atomic E-state index is 12.7. The fraction of sp³-hybridized carbons (Fsp3) is 0.591. The molecule has 1 fully saturated rings. The van der Waals surface area contributed by atoms with Gasteiger partial charge in [-0.2, -0.15) is 0 Å². The van der Waals surface area contributed by atoms with Crippen LogP contribution in [0.3, 0.4) is 0 Å². The molecular weight excluding hydrogens is 354 g/mol. The Kier molecular flexibility index (Phi) is 6.21. The lowest BCUT2D eigenvalue weighted by molar-refractivity contribution is -0.127. The number of nitrogens with one attached hydrogen (secondary N) is 2. The van der Waals surface area contributed by atoms with Gasteiger partial charge in [-0.15, -0.1) is 0 Å². The Balaban J connectivity index is 2.16. The quantitative estimate of drug-likeness (QED) is 0.724. The van der Waals surface area contributed by atoms with E-state index in [0.717, 1.165) is 24.8 Å². The second-order valence-corrected chi connectivity index (χ2v) is 9.37. The number of hydrogen-bond acceptors (Lipinski definition) is 3. The van der Waals surface area contributed by atoms with E-state index in [4.69, 9.17) is 5.73 Å². The summed E-state index contributed by atoms with van der Waals surface area (Å²) in [5, 5.41) is 5.86. The van der Waals surface area contributed by atoms with Crippen LogP contribution < -0.4 is 16.4 Å². The van der Waals surface area contributed by atoms with Crippen LogP contribution in [0.25, 0.3) is 0 Å². The normalized spacial score (nSPS) is 16.9. The number of amides is 3. The molecule has 0 saturated heterocycles. The van der Waals surface area contributed by atoms with Gasteiger partial charge in [0.2, 0.25) is 11.8 Å². The molecule has 0 unspecified atom stereocenters. The third-order valence-electron chi connectivity index (χ3n) is 5.46. The maximum Gasteiger partial charge on any atom is 0.252 e. The molecule has 1 aromatic carbocycles. The smallest absolute Gasteiger partial charge is 0.252 e. The number of nitrogens with two attached hydrogens (primary N) is 1. The molecule has 1 saturated carbocycles. The van der Waals surface area contributed by atoms with Crippen molar-refractivity contribution in [2.45, 2.75) is 83.2 Å². The van der Waals surface area contributed by atoms with Crippen LogP contribution in [0.2, 0.25) is 0 Å². The molecule has 6 heteroatoms. The highest BCUT2D eigenvalue weighted by Crippen LogP contribution is 2.29. The molecule has 0 spiro atoms. The van der Waals surface area contributed by atoms with Crippen molar-refractivity contribution in [3.63, 3.8) is 0 Å². The van der Waals surface area contributed by atoms with E-state index in [9.17, 15) is 14.4 Å². The van der Waals surface area contributed by atoms with Gasteiger partial charge in [0.15, 0.2) is 0 Å². The van der Waals surface area contributed by atoms with E-state index in [1.54, 1.807) is 24.3 Å². The average Bonchev–Trinajstić information content (AvgIpc) is 2.61. The molecule has 3 amide bonds. The van der Waals surface area contributed by atoms with Crippen LogP contribution in [-0.2, 0) is 15.0 Å². The molecule has 0 heterocycles. The summed E-state index contributed by atoms with van der Waals surface area (Å²) in [6.07, 6.45) is 3.95. The first kappa shape index (κ1) is 21.9. The monoisotopic (exact) mass is 387 g/mol. The van der Waals surface area contributed by atoms with Crippen LogP contribution in [0, 0.1) is 0 Å². The Morgan fingerprint density at radius 3 is 1.93 bits per heavy atom. The van der Waals surface area contributed by atoms with Crippen molar-refractivity contribution in [2.24, 2.45) is 5.73 Å². The summed E-state index contributed by atoms with van der Waals surface area (Å²) in [7, 11) is 0. The van der Waals surface area contributed by atoms with Crippen LogP contribution in [-0.4, -0.2) is 28.8 Å². The van der Waals surface area contributed by atoms with E-state index >= 15 is 0 Å². The summed E-state index contributed by atoms with van der Waals surface area (Å²) in [6, 6.07) is 6.95. The second-order valence-electron chi connectivity index (χ2n) is 9.37. The molecule has 0 aromatic heterocycles. The summed E-state index contributed by atoms with van der Waals surface area (Å²) in [4.78, 5) is 37.3. The molecule has 1 aliphatic rings. The minimum Gasteiger partial charge on any atom is -0.368 e. The Bertz CT molecular complexity index is 739. The Morgan fingerprint density at radius 2 is 1.46 bits per heavy atom. The minimum absolute atomic E-state index is 0.0768. The lowest BCUT2D eigenvalue weighted by Gasteiger charge is -2.35. The Labute approximate surface area is 167 Å². The van der Waals surface area contributed by atoms with Crippen molar-refractivity contribution in [3.05, 3.63) is 35.4 Å². The van der Waals surface area contributed by atoms with E-state index in [0.29, 0.717) is 18.4 Å². The standard InChI is InChI=1S/C22H33N3O3/c1-20(2,3)25-19(28)21(4,5)16-11-9-15(10-12-16)17(26)24-22(18(23)27)13-7-6-8-14-22/h9-12H,6-8,13-14H2,1-5H3,(H2,23,27)(H,24,26)(H,25,28). The minimum atomic E-state index is -0.958. The summed E-state index contributed by atoms with van der Waals surface area (Å²) in [5.41, 5.74) is 4.84. The first-order valence-corrected chi connectivity index (χ1v) is 9.93. The molecule has 0 radical (unpaired) electrons. The largest absolute Gasteiger partial charge is 0.368 e. The first-order chi connectivity index (χ1) is 12.9. The summed E-state index contributed by atoms with van der Waals surface area (Å²) >= 11 is 0. The van der Waals surface area contributed by atoms with Crippen LogP contribution in [0.15, 0.2) is 24.3 Å². The highest BCUT2D eigenvalue weighted by molar-refractivity contribution is 5.99. The lowest BCUT2D eigenvalue weighted by Crippen LogP contribution is -2.58. The van der Waals surface area contributed by atoms with E-state index in [-0.39, 0.29) is 17.4 Å². The zero-order chi connectivity index (χ0) is 21.2. The molecule has 1 aliphatic carbocycles. The molecule has 0 aliphatic heterocycles. The predicted octanol–water partition coefficient (Wildman–Crippen LogP) is 2.80. The fourth-order valence-corrected chi connectivity index (χ4v) is 3.54. The first-order valence-electron chi connectivity index (χ1n) is 9.93. The van der Waals surface area contributed by atoms with Gasteiger partial charge in [-0.3, -0.25) is 14.4 Å². The Morgan fingerprint density at radius 1 is 0.929 bits per heavy atom. The van der Waals surface area contributed by atoms with Crippen molar-refractivity contribution in [2.75, 3.05) is 0 Å². The molecule has 28 heavy (non-hydrogen) atoms. The Hall–Kier alpha value is -2.37. The molecule has 1 aromatic rings. The number of hydrogen-bond donors (Lipinski definition) is 3. The van der Waals surface area contributed by atoms with Crippen LogP contribution in [0.4, 0.5) is 0 Å². The molecular formula is C22H33N3O3. The number of carbonyl (C=O) groups is 3. The molecule has 154 valence electrons. The fourth-order valence-electron chi connectivity index (χ4n) is 3.54. The summed E-state index contributed by atoms with van der Waals surface area (Å²) < 4.78 is 0. The second kappa shape index (κ2) is 7.94. The van der Waals surface area contributed by atoms with Gasteiger partial charge in [0.05, 0.1) is 5.41 Å². The number of benzene rings is 1. The van der Waals surface area contributed by atoms with Crippen molar-refractivity contribution < 1.29 is 14.4 Å². The van der Waals surface area contributed by atoms with Crippen LogP contribution in [0.1, 0.15) is 82.6 Å². The highest BCUT2D eigenvalue weighted by Gasteiger charge is 2.39. The number of carbonyl (C=O) groups excluding carboxylic acids is 3. The van der Waals surface area contributed by atoms with Gasteiger partial charge in [-0.1, -0.05) is 31.4 Å². The van der Waals surface area contributed by atoms with Crippen LogP contribution in [0.5, 0.6) is 0 Å². The van der Waals surface area contributed by atoms with Gasteiger partial charge in [0, 0.05) is 11.1 Å². The third-order valence-corrected chi connectivity index (χ3v) is 5.46. The molecule has 2 rings (SSSR count). The van der Waals surface area contributed by atoms with Crippen LogP contribution >= 0.6 is 0 Å². The van der Waals surface area contributed by atoms with Crippen molar-refractivity contribution in [1.29, 1.82) is 0 Å². The van der Waals surface area contributed by atoms with E-state index in [1.807, 2.05) is 34.6 Å². The average molecular weight is 388 g/mol. The SMILES string of the molecule is CC(C)(C)NC(=O)C(C)(C)c1ccc(C(=O)NC2(C(N)=O)CCCCC2)cc1. The van der Waals surface area contributed by atoms with E-state index < -0.39 is 16.9 Å². The van der Waals surface area contributed by atoms with Crippen molar-refractivity contribution in [1.82, 2.24) is 10.6 Å². The molecule has 4 N–H and O–H groups in total. The van der Waals surface area contributed by atoms with Gasteiger partial charge in [0.1, 0.15) is 5.54 Å². The highest BCUT2D eigenvalue weighted by atomic mass is 16.2. The third kappa shape index (κ3) is 4.91. The molecule has 0 bridgehead atoms.